The number of benzene rings is 1. The van der Waals surface area contributed by atoms with E-state index >= 15 is 0 Å². The zero-order valence-electron chi connectivity index (χ0n) is 13.0. The number of hydrogen-bond donors (Lipinski definition) is 1. The number of nitrogens with one attached hydrogen (secondary N) is 1. The van der Waals surface area contributed by atoms with Gasteiger partial charge in [-0.25, -0.2) is 9.18 Å². The highest BCUT2D eigenvalue weighted by molar-refractivity contribution is 5.68. The summed E-state index contributed by atoms with van der Waals surface area (Å²) < 4.78 is 18.6. The first-order valence-corrected chi connectivity index (χ1v) is 6.83. The van der Waals surface area contributed by atoms with Crippen LogP contribution >= 0.6 is 0 Å². The standard InChI is InChI=1S/C16H21FN2O2/c1-10(2)14(19-15(20)21-16(3,4)5)11-6-7-13(17)12(8-11)9-18/h6-8,10,14H,1-5H3,(H,19,20). The van der Waals surface area contributed by atoms with E-state index < -0.39 is 17.5 Å². The van der Waals surface area contributed by atoms with Crippen molar-refractivity contribution >= 4 is 6.09 Å². The van der Waals surface area contributed by atoms with Gasteiger partial charge < -0.3 is 10.1 Å². The minimum absolute atomic E-state index is 0.0378. The number of carbonyl (C=O) groups is 1. The van der Waals surface area contributed by atoms with E-state index in [4.69, 9.17) is 10.00 Å². The van der Waals surface area contributed by atoms with Gasteiger partial charge in [0, 0.05) is 0 Å². The Hall–Kier alpha value is -2.09. The van der Waals surface area contributed by atoms with Gasteiger partial charge in [-0.3, -0.25) is 0 Å². The van der Waals surface area contributed by atoms with Crippen LogP contribution in [0.2, 0.25) is 0 Å². The lowest BCUT2D eigenvalue weighted by Crippen LogP contribution is -2.36. The molecule has 1 aromatic carbocycles. The summed E-state index contributed by atoms with van der Waals surface area (Å²) in [5.74, 6) is -0.504. The SMILES string of the molecule is CC(C)C(NC(=O)OC(C)(C)C)c1ccc(F)c(C#N)c1. The Morgan fingerprint density at radius 2 is 2.00 bits per heavy atom. The zero-order chi connectivity index (χ0) is 16.2. The molecular weight excluding hydrogens is 271 g/mol. The molecule has 0 saturated carbocycles. The lowest BCUT2D eigenvalue weighted by atomic mass is 9.95. The predicted octanol–water partition coefficient (Wildman–Crippen LogP) is 3.92. The predicted molar refractivity (Wildman–Crippen MR) is 78.1 cm³/mol. The number of nitriles is 1. The second-order valence-electron chi connectivity index (χ2n) is 6.22. The van der Waals surface area contributed by atoms with Crippen LogP contribution in [-0.4, -0.2) is 11.7 Å². The minimum Gasteiger partial charge on any atom is -0.444 e. The molecule has 1 amide bonds. The van der Waals surface area contributed by atoms with Crippen LogP contribution < -0.4 is 5.32 Å². The summed E-state index contributed by atoms with van der Waals surface area (Å²) in [4.78, 5) is 11.9. The number of hydrogen-bond acceptors (Lipinski definition) is 3. The molecule has 0 radical (unpaired) electrons. The largest absolute Gasteiger partial charge is 0.444 e. The van der Waals surface area contributed by atoms with E-state index in [0.29, 0.717) is 5.56 Å². The van der Waals surface area contributed by atoms with Crippen molar-refractivity contribution in [3.05, 3.63) is 35.1 Å². The van der Waals surface area contributed by atoms with Crippen LogP contribution in [0.1, 0.15) is 51.8 Å². The van der Waals surface area contributed by atoms with Crippen LogP contribution in [0, 0.1) is 23.1 Å². The van der Waals surface area contributed by atoms with Crippen LogP contribution in [0.3, 0.4) is 0 Å². The molecule has 114 valence electrons. The third-order valence-corrected chi connectivity index (χ3v) is 2.81. The highest BCUT2D eigenvalue weighted by Gasteiger charge is 2.23. The summed E-state index contributed by atoms with van der Waals surface area (Å²) in [5.41, 5.74) is 0.0459. The van der Waals surface area contributed by atoms with E-state index in [9.17, 15) is 9.18 Å². The molecular formula is C16H21FN2O2. The first-order chi connectivity index (χ1) is 9.64. The van der Waals surface area contributed by atoms with Crippen LogP contribution in [0.4, 0.5) is 9.18 Å². The van der Waals surface area contributed by atoms with E-state index in [1.54, 1.807) is 32.9 Å². The number of alkyl carbamates (subject to hydrolysis) is 1. The highest BCUT2D eigenvalue weighted by Crippen LogP contribution is 2.24. The van der Waals surface area contributed by atoms with Crippen LogP contribution in [0.25, 0.3) is 0 Å². The fraction of sp³-hybridized carbons (Fsp3) is 0.500. The van der Waals surface area contributed by atoms with Gasteiger partial charge in [-0.05, 0) is 44.4 Å². The Bertz CT molecular complexity index is 556. The molecule has 0 saturated heterocycles. The molecule has 0 aromatic heterocycles. The van der Waals surface area contributed by atoms with E-state index in [2.05, 4.69) is 5.32 Å². The van der Waals surface area contributed by atoms with Gasteiger partial charge in [0.1, 0.15) is 17.5 Å². The Kier molecular flexibility index (Phi) is 5.31. The summed E-state index contributed by atoms with van der Waals surface area (Å²) in [6.45, 7) is 9.20. The Morgan fingerprint density at radius 1 is 1.38 bits per heavy atom. The molecule has 1 atom stereocenters. The third kappa shape index (κ3) is 5.07. The first-order valence-electron chi connectivity index (χ1n) is 6.83. The van der Waals surface area contributed by atoms with Crippen molar-refractivity contribution in [2.45, 2.75) is 46.3 Å². The maximum Gasteiger partial charge on any atom is 0.408 e. The van der Waals surface area contributed by atoms with E-state index in [1.807, 2.05) is 13.8 Å². The average Bonchev–Trinajstić information content (AvgIpc) is 2.34. The average molecular weight is 292 g/mol. The highest BCUT2D eigenvalue weighted by atomic mass is 19.1. The molecule has 0 heterocycles. The maximum atomic E-state index is 13.4. The van der Waals surface area contributed by atoms with Crippen LogP contribution in [-0.2, 0) is 4.74 Å². The topological polar surface area (TPSA) is 62.1 Å². The minimum atomic E-state index is -0.591. The van der Waals surface area contributed by atoms with Gasteiger partial charge in [-0.2, -0.15) is 5.26 Å². The number of ether oxygens (including phenoxy) is 1. The molecule has 1 unspecified atom stereocenters. The summed E-state index contributed by atoms with van der Waals surface area (Å²) >= 11 is 0. The van der Waals surface area contributed by atoms with E-state index in [1.165, 1.54) is 12.1 Å². The zero-order valence-corrected chi connectivity index (χ0v) is 13.0. The molecule has 1 N–H and O–H groups in total. The summed E-state index contributed by atoms with van der Waals surface area (Å²) in [6.07, 6.45) is -0.538. The van der Waals surface area contributed by atoms with Gasteiger partial charge in [0.15, 0.2) is 0 Å². The quantitative estimate of drug-likeness (QED) is 0.918. The first kappa shape index (κ1) is 17.0. The Labute approximate surface area is 124 Å². The second-order valence-corrected chi connectivity index (χ2v) is 6.22. The number of nitrogens with zero attached hydrogens (tertiary/aromatic N) is 1. The van der Waals surface area contributed by atoms with Gasteiger partial charge in [0.2, 0.25) is 0 Å². The van der Waals surface area contributed by atoms with Crippen molar-refractivity contribution in [2.24, 2.45) is 5.92 Å². The van der Waals surface area contributed by atoms with Crippen molar-refractivity contribution in [1.82, 2.24) is 5.32 Å². The fourth-order valence-corrected chi connectivity index (χ4v) is 1.89. The van der Waals surface area contributed by atoms with Crippen LogP contribution in [0.5, 0.6) is 0 Å². The molecule has 1 aromatic rings. The van der Waals surface area contributed by atoms with Gasteiger partial charge in [-0.1, -0.05) is 19.9 Å². The molecule has 4 nitrogen and oxygen atoms in total. The molecule has 1 rings (SSSR count). The van der Waals surface area contributed by atoms with E-state index in [0.717, 1.165) is 0 Å². The van der Waals surface area contributed by atoms with Gasteiger partial charge >= 0.3 is 6.09 Å². The summed E-state index contributed by atoms with van der Waals surface area (Å²) in [7, 11) is 0. The van der Waals surface area contributed by atoms with Crippen molar-refractivity contribution in [2.75, 3.05) is 0 Å². The molecule has 0 aliphatic carbocycles. The van der Waals surface area contributed by atoms with Gasteiger partial charge in [-0.15, -0.1) is 0 Å². The van der Waals surface area contributed by atoms with Gasteiger partial charge in [0.25, 0.3) is 0 Å². The maximum absolute atomic E-state index is 13.4. The number of carbonyl (C=O) groups excluding carboxylic acids is 1. The second kappa shape index (κ2) is 6.57. The molecule has 5 heteroatoms. The molecule has 0 aliphatic heterocycles. The van der Waals surface area contributed by atoms with Crippen molar-refractivity contribution < 1.29 is 13.9 Å². The third-order valence-electron chi connectivity index (χ3n) is 2.81. The molecule has 0 spiro atoms. The molecule has 0 bridgehead atoms. The Morgan fingerprint density at radius 3 is 2.48 bits per heavy atom. The number of halogens is 1. The molecule has 0 aliphatic rings. The van der Waals surface area contributed by atoms with Crippen molar-refractivity contribution in [3.63, 3.8) is 0 Å². The summed E-state index contributed by atoms with van der Waals surface area (Å²) in [5, 5.41) is 11.7. The Balaban J connectivity index is 2.98. The number of rotatable bonds is 3. The summed E-state index contributed by atoms with van der Waals surface area (Å²) in [6, 6.07) is 5.71. The molecule has 21 heavy (non-hydrogen) atoms. The smallest absolute Gasteiger partial charge is 0.408 e. The fourth-order valence-electron chi connectivity index (χ4n) is 1.89. The number of amides is 1. The lowest BCUT2D eigenvalue weighted by molar-refractivity contribution is 0.0489. The van der Waals surface area contributed by atoms with Crippen molar-refractivity contribution in [3.8, 4) is 6.07 Å². The lowest BCUT2D eigenvalue weighted by Gasteiger charge is -2.26. The van der Waals surface area contributed by atoms with E-state index in [-0.39, 0.29) is 17.5 Å². The molecule has 0 fully saturated rings. The normalized spacial score (nSPS) is 12.7. The van der Waals surface area contributed by atoms with Gasteiger partial charge in [0.05, 0.1) is 11.6 Å². The monoisotopic (exact) mass is 292 g/mol. The van der Waals surface area contributed by atoms with Crippen molar-refractivity contribution in [1.29, 1.82) is 5.26 Å². The van der Waals surface area contributed by atoms with Crippen LogP contribution in [0.15, 0.2) is 18.2 Å².